The summed E-state index contributed by atoms with van der Waals surface area (Å²) in [5, 5.41) is 16.7. The molecule has 0 amide bonds. The van der Waals surface area contributed by atoms with Crippen LogP contribution in [0.25, 0.3) is 0 Å². The second kappa shape index (κ2) is 5.59. The molecule has 0 spiro atoms. The second-order valence-electron chi connectivity index (χ2n) is 2.60. The smallest absolute Gasteiger partial charge is 0.242 e. The van der Waals surface area contributed by atoms with Crippen molar-refractivity contribution in [3.63, 3.8) is 0 Å². The number of rotatable bonds is 5. The molecule has 0 fully saturated rings. The first-order valence-electron chi connectivity index (χ1n) is 4.69. The van der Waals surface area contributed by atoms with E-state index in [1.54, 1.807) is 6.19 Å². The zero-order valence-electron chi connectivity index (χ0n) is 8.70. The Morgan fingerprint density at radius 3 is 1.87 bits per heavy atom. The highest BCUT2D eigenvalue weighted by molar-refractivity contribution is 5.43. The number of nitrogens with one attached hydrogen (secondary N) is 3. The van der Waals surface area contributed by atoms with Crippen LogP contribution in [-0.2, 0) is 0 Å². The topological polar surface area (TPSA) is 98.5 Å². The van der Waals surface area contributed by atoms with Crippen molar-refractivity contribution in [3.05, 3.63) is 0 Å². The van der Waals surface area contributed by atoms with Gasteiger partial charge in [0, 0.05) is 13.1 Å². The largest absolute Gasteiger partial charge is 0.354 e. The molecule has 0 saturated carbocycles. The SMILES string of the molecule is CCNc1nc(NC#N)nc(NCC)n1. The molecule has 1 aromatic heterocycles. The van der Waals surface area contributed by atoms with Gasteiger partial charge in [0.05, 0.1) is 0 Å². The van der Waals surface area contributed by atoms with E-state index in [9.17, 15) is 0 Å². The van der Waals surface area contributed by atoms with Crippen LogP contribution in [0.15, 0.2) is 0 Å². The van der Waals surface area contributed by atoms with Crippen LogP contribution in [-0.4, -0.2) is 28.0 Å². The molecule has 3 N–H and O–H groups in total. The Kier molecular flexibility index (Phi) is 4.09. The number of nitrogens with zero attached hydrogens (tertiary/aromatic N) is 4. The number of hydrogen-bond donors (Lipinski definition) is 3. The van der Waals surface area contributed by atoms with Gasteiger partial charge in [0.2, 0.25) is 17.8 Å². The van der Waals surface area contributed by atoms with Crippen molar-refractivity contribution in [3.8, 4) is 6.19 Å². The maximum absolute atomic E-state index is 8.46. The summed E-state index contributed by atoms with van der Waals surface area (Å²) in [5.41, 5.74) is 0. The van der Waals surface area contributed by atoms with Crippen LogP contribution in [0.2, 0.25) is 0 Å². The Labute approximate surface area is 88.0 Å². The summed E-state index contributed by atoms with van der Waals surface area (Å²) in [6, 6.07) is 0. The van der Waals surface area contributed by atoms with Crippen molar-refractivity contribution in [2.24, 2.45) is 0 Å². The van der Waals surface area contributed by atoms with Crippen molar-refractivity contribution in [1.82, 2.24) is 15.0 Å². The first kappa shape index (κ1) is 11.0. The summed E-state index contributed by atoms with van der Waals surface area (Å²) in [4.78, 5) is 12.1. The standard InChI is InChI=1S/C8H13N7/c1-3-10-6-13-7(11-4-2)15-8(14-6)12-5-9/h3-4H2,1-2H3,(H3,10,11,12,13,14,15). The summed E-state index contributed by atoms with van der Waals surface area (Å²) < 4.78 is 0. The zero-order chi connectivity index (χ0) is 11.1. The molecule has 0 aliphatic carbocycles. The Balaban J connectivity index is 2.92. The van der Waals surface area contributed by atoms with Gasteiger partial charge in [-0.1, -0.05) is 0 Å². The van der Waals surface area contributed by atoms with Gasteiger partial charge in [-0.3, -0.25) is 5.32 Å². The third-order valence-corrected chi connectivity index (χ3v) is 1.47. The second-order valence-corrected chi connectivity index (χ2v) is 2.60. The minimum atomic E-state index is 0.236. The van der Waals surface area contributed by atoms with Crippen LogP contribution in [0.4, 0.5) is 17.8 Å². The van der Waals surface area contributed by atoms with Crippen molar-refractivity contribution in [2.75, 3.05) is 29.0 Å². The molecule has 0 radical (unpaired) electrons. The average Bonchev–Trinajstić information content (AvgIpc) is 2.19. The lowest BCUT2D eigenvalue weighted by Crippen LogP contribution is -2.10. The third kappa shape index (κ3) is 3.27. The van der Waals surface area contributed by atoms with E-state index in [0.29, 0.717) is 25.0 Å². The molecule has 15 heavy (non-hydrogen) atoms. The van der Waals surface area contributed by atoms with E-state index in [1.165, 1.54) is 0 Å². The molecular formula is C8H13N7. The molecule has 0 aromatic carbocycles. The van der Waals surface area contributed by atoms with Gasteiger partial charge >= 0.3 is 0 Å². The minimum absolute atomic E-state index is 0.236. The van der Waals surface area contributed by atoms with Crippen molar-refractivity contribution in [1.29, 1.82) is 5.26 Å². The first-order chi connectivity index (χ1) is 7.30. The Morgan fingerprint density at radius 2 is 1.47 bits per heavy atom. The Hall–Kier alpha value is -2.10. The van der Waals surface area contributed by atoms with Gasteiger partial charge in [0.15, 0.2) is 6.19 Å². The highest BCUT2D eigenvalue weighted by Gasteiger charge is 2.04. The highest BCUT2D eigenvalue weighted by Crippen LogP contribution is 2.08. The fraction of sp³-hybridized carbons (Fsp3) is 0.500. The lowest BCUT2D eigenvalue weighted by molar-refractivity contribution is 1.00. The monoisotopic (exact) mass is 207 g/mol. The van der Waals surface area contributed by atoms with Crippen LogP contribution in [0.3, 0.4) is 0 Å². The van der Waals surface area contributed by atoms with E-state index >= 15 is 0 Å². The molecule has 80 valence electrons. The summed E-state index contributed by atoms with van der Waals surface area (Å²) in [6.07, 6.45) is 1.76. The van der Waals surface area contributed by atoms with Crippen molar-refractivity contribution >= 4 is 17.8 Å². The van der Waals surface area contributed by atoms with Crippen molar-refractivity contribution in [2.45, 2.75) is 13.8 Å². The molecule has 0 atom stereocenters. The van der Waals surface area contributed by atoms with Crippen LogP contribution in [0.1, 0.15) is 13.8 Å². The number of hydrogen-bond acceptors (Lipinski definition) is 7. The normalized spacial score (nSPS) is 9.13. The number of anilines is 3. The van der Waals surface area contributed by atoms with Gasteiger partial charge in [-0.25, -0.2) is 0 Å². The fourth-order valence-electron chi connectivity index (χ4n) is 0.956. The number of aromatic nitrogens is 3. The minimum Gasteiger partial charge on any atom is -0.354 e. The maximum atomic E-state index is 8.46. The van der Waals surface area contributed by atoms with Crippen LogP contribution in [0.5, 0.6) is 0 Å². The Morgan fingerprint density at radius 1 is 1.00 bits per heavy atom. The van der Waals surface area contributed by atoms with Gasteiger partial charge in [0.25, 0.3) is 0 Å². The summed E-state index contributed by atoms with van der Waals surface area (Å²) in [5.74, 6) is 1.13. The molecule has 0 aliphatic heterocycles. The van der Waals surface area contributed by atoms with E-state index in [2.05, 4.69) is 30.9 Å². The van der Waals surface area contributed by atoms with Gasteiger partial charge in [-0.2, -0.15) is 20.2 Å². The lowest BCUT2D eigenvalue weighted by atomic mass is 10.7. The van der Waals surface area contributed by atoms with Crippen LogP contribution >= 0.6 is 0 Å². The average molecular weight is 207 g/mol. The van der Waals surface area contributed by atoms with E-state index in [0.717, 1.165) is 0 Å². The molecule has 1 aromatic rings. The number of nitriles is 1. The van der Waals surface area contributed by atoms with Crippen LogP contribution < -0.4 is 16.0 Å². The quantitative estimate of drug-likeness (QED) is 0.481. The predicted octanol–water partition coefficient (Wildman–Crippen LogP) is 0.628. The van der Waals surface area contributed by atoms with E-state index < -0.39 is 0 Å². The fourth-order valence-corrected chi connectivity index (χ4v) is 0.956. The summed E-state index contributed by atoms with van der Waals surface area (Å²) in [7, 11) is 0. The molecule has 7 nitrogen and oxygen atoms in total. The van der Waals surface area contributed by atoms with Gasteiger partial charge in [-0.15, -0.1) is 0 Å². The van der Waals surface area contributed by atoms with Gasteiger partial charge < -0.3 is 10.6 Å². The summed E-state index contributed by atoms with van der Waals surface area (Å²) >= 11 is 0. The molecule has 1 rings (SSSR count). The highest BCUT2D eigenvalue weighted by atomic mass is 15.3. The van der Waals surface area contributed by atoms with Gasteiger partial charge in [-0.05, 0) is 13.8 Å². The molecule has 0 bridgehead atoms. The van der Waals surface area contributed by atoms with Gasteiger partial charge in [0.1, 0.15) is 0 Å². The van der Waals surface area contributed by atoms with E-state index in [1.807, 2.05) is 13.8 Å². The first-order valence-corrected chi connectivity index (χ1v) is 4.69. The maximum Gasteiger partial charge on any atom is 0.242 e. The lowest BCUT2D eigenvalue weighted by Gasteiger charge is -2.06. The predicted molar refractivity (Wildman–Crippen MR) is 57.4 cm³/mol. The molecule has 0 aliphatic rings. The molecule has 1 heterocycles. The molecule has 0 unspecified atom stereocenters. The molecule has 7 heteroatoms. The molecular weight excluding hydrogens is 194 g/mol. The van der Waals surface area contributed by atoms with E-state index in [-0.39, 0.29) is 5.95 Å². The Bertz CT molecular complexity index is 332. The zero-order valence-corrected chi connectivity index (χ0v) is 8.70. The van der Waals surface area contributed by atoms with Crippen LogP contribution in [0, 0.1) is 11.5 Å². The molecule has 0 saturated heterocycles. The van der Waals surface area contributed by atoms with Crippen molar-refractivity contribution < 1.29 is 0 Å². The summed E-state index contributed by atoms with van der Waals surface area (Å²) in [6.45, 7) is 5.30. The van der Waals surface area contributed by atoms with E-state index in [4.69, 9.17) is 5.26 Å². The third-order valence-electron chi connectivity index (χ3n) is 1.47.